The fourth-order valence-corrected chi connectivity index (χ4v) is 6.52. The van der Waals surface area contributed by atoms with Gasteiger partial charge < -0.3 is 0 Å². The molecule has 0 saturated carbocycles. The molecule has 1 aromatic heterocycles. The summed E-state index contributed by atoms with van der Waals surface area (Å²) in [5.74, 6) is 1.11. The first kappa shape index (κ1) is 29.6. The van der Waals surface area contributed by atoms with E-state index in [-0.39, 0.29) is 11.3 Å². The first-order valence-electron chi connectivity index (χ1n) is 16.5. The molecular weight excluding hydrogens is 556 g/mol. The van der Waals surface area contributed by atoms with Gasteiger partial charge in [0.05, 0.1) is 11.4 Å². The monoisotopic (exact) mass is 596 g/mol. The summed E-state index contributed by atoms with van der Waals surface area (Å²) >= 11 is 0. The Hall–Kier alpha value is -5.08. The third-order valence-electron chi connectivity index (χ3n) is 9.48. The van der Waals surface area contributed by atoms with Crippen molar-refractivity contribution in [2.24, 2.45) is 0 Å². The first-order chi connectivity index (χ1) is 22.5. The fourth-order valence-electron chi connectivity index (χ4n) is 6.52. The van der Waals surface area contributed by atoms with Gasteiger partial charge in [0.25, 0.3) is 0 Å². The van der Waals surface area contributed by atoms with Gasteiger partial charge in [0, 0.05) is 16.9 Å². The molecule has 2 heteroatoms. The van der Waals surface area contributed by atoms with Crippen LogP contribution in [0.15, 0.2) is 152 Å². The molecular formula is C44H40N2. The van der Waals surface area contributed by atoms with E-state index in [0.717, 1.165) is 48.5 Å². The van der Waals surface area contributed by atoms with Crippen LogP contribution in [-0.4, -0.2) is 9.97 Å². The average Bonchev–Trinajstić information content (AvgIpc) is 3.39. The maximum absolute atomic E-state index is 5.10. The molecule has 4 aromatic rings. The van der Waals surface area contributed by atoms with E-state index in [1.807, 2.05) is 0 Å². The van der Waals surface area contributed by atoms with Gasteiger partial charge in [-0.05, 0) is 70.7 Å². The summed E-state index contributed by atoms with van der Waals surface area (Å²) in [7, 11) is 0. The van der Waals surface area contributed by atoms with Crippen LogP contribution in [0.25, 0.3) is 28.0 Å². The lowest BCUT2D eigenvalue weighted by Gasteiger charge is -2.27. The van der Waals surface area contributed by atoms with E-state index >= 15 is 0 Å². The number of allylic oxidation sites excluding steroid dienone is 14. The van der Waals surface area contributed by atoms with Crippen LogP contribution in [0.5, 0.6) is 0 Å². The molecule has 7 rings (SSSR count). The lowest BCUT2D eigenvalue weighted by molar-refractivity contribution is 0.641. The summed E-state index contributed by atoms with van der Waals surface area (Å²) in [5, 5.41) is 0. The highest BCUT2D eigenvalue weighted by atomic mass is 14.9. The summed E-state index contributed by atoms with van der Waals surface area (Å²) in [6.45, 7) is 4.62. The van der Waals surface area contributed by atoms with E-state index < -0.39 is 0 Å². The van der Waals surface area contributed by atoms with Crippen molar-refractivity contribution in [2.75, 3.05) is 0 Å². The summed E-state index contributed by atoms with van der Waals surface area (Å²) in [6.07, 6.45) is 28.2. The van der Waals surface area contributed by atoms with E-state index in [0.29, 0.717) is 0 Å². The van der Waals surface area contributed by atoms with Crippen molar-refractivity contribution < 1.29 is 0 Å². The van der Waals surface area contributed by atoms with Crippen molar-refractivity contribution in [2.45, 2.75) is 50.9 Å². The Bertz CT molecular complexity index is 1930. The van der Waals surface area contributed by atoms with Crippen molar-refractivity contribution in [3.05, 3.63) is 186 Å². The predicted octanol–water partition coefficient (Wildman–Crippen LogP) is 11.2. The van der Waals surface area contributed by atoms with Crippen molar-refractivity contribution in [3.8, 4) is 11.3 Å². The zero-order valence-electron chi connectivity index (χ0n) is 26.7. The maximum Gasteiger partial charge on any atom is 0.136 e. The molecule has 0 fully saturated rings. The lowest BCUT2D eigenvalue weighted by Crippen LogP contribution is -2.18. The van der Waals surface area contributed by atoms with Crippen molar-refractivity contribution >= 4 is 16.7 Å². The van der Waals surface area contributed by atoms with Crippen molar-refractivity contribution in [1.29, 1.82) is 0 Å². The van der Waals surface area contributed by atoms with Gasteiger partial charge in [0.15, 0.2) is 0 Å². The summed E-state index contributed by atoms with van der Waals surface area (Å²) < 4.78 is 0. The molecule has 0 bridgehead atoms. The molecule has 3 aliphatic rings. The molecule has 0 N–H and O–H groups in total. The van der Waals surface area contributed by atoms with Gasteiger partial charge in [-0.2, -0.15) is 0 Å². The third-order valence-corrected chi connectivity index (χ3v) is 9.48. The van der Waals surface area contributed by atoms with Crippen LogP contribution in [0.1, 0.15) is 79.2 Å². The number of rotatable bonds is 7. The lowest BCUT2D eigenvalue weighted by atomic mass is 9.77. The number of nitrogens with zero attached hydrogens (tertiary/aromatic N) is 2. The molecule has 46 heavy (non-hydrogen) atoms. The minimum absolute atomic E-state index is 0.143. The smallest absolute Gasteiger partial charge is 0.136 e. The second-order valence-electron chi connectivity index (χ2n) is 12.9. The van der Waals surface area contributed by atoms with E-state index in [4.69, 9.17) is 9.97 Å². The highest BCUT2D eigenvalue weighted by Crippen LogP contribution is 2.35. The normalized spacial score (nSPS) is 17.7. The first-order valence-corrected chi connectivity index (χ1v) is 16.5. The third kappa shape index (κ3) is 6.34. The SMILES string of the molecule is CC(C)(c1ccc(C2=CC=C(c3ccccc3)C=CC2)cc1)c1ccc(-c2cc(C3=CC=CCC3)nc(C3C=CC=CC3)n2)cc1. The van der Waals surface area contributed by atoms with Gasteiger partial charge in [-0.1, -0.05) is 160 Å². The quantitative estimate of drug-likeness (QED) is 0.212. The second-order valence-corrected chi connectivity index (χ2v) is 12.9. The van der Waals surface area contributed by atoms with Gasteiger partial charge in [-0.25, -0.2) is 9.97 Å². The zero-order valence-corrected chi connectivity index (χ0v) is 26.7. The van der Waals surface area contributed by atoms with E-state index in [2.05, 4.69) is 166 Å². The van der Waals surface area contributed by atoms with Crippen LogP contribution in [0, 0.1) is 0 Å². The molecule has 3 aliphatic carbocycles. The number of benzene rings is 3. The van der Waals surface area contributed by atoms with Gasteiger partial charge in [0.1, 0.15) is 5.82 Å². The minimum atomic E-state index is -0.143. The van der Waals surface area contributed by atoms with Crippen LogP contribution in [-0.2, 0) is 5.41 Å². The van der Waals surface area contributed by atoms with Crippen molar-refractivity contribution in [3.63, 3.8) is 0 Å². The molecule has 0 amide bonds. The Morgan fingerprint density at radius 3 is 2.07 bits per heavy atom. The standard InChI is InChI=1S/C44H40N2/c1-44(2,39-27-23-35(24-28-39)34-20-12-19-33(21-22-34)32-13-6-3-7-14-32)40-29-25-37(26-30-40)42-31-41(36-15-8-4-9-16-36)45-43(46-42)38-17-10-5-11-18-38/h3-8,10-15,17,19,21-31,38H,9,16,18,20H2,1-2H3. The molecule has 1 unspecified atom stereocenters. The van der Waals surface area contributed by atoms with Crippen molar-refractivity contribution in [1.82, 2.24) is 9.97 Å². The molecule has 1 heterocycles. The van der Waals surface area contributed by atoms with E-state index in [1.165, 1.54) is 39.0 Å². The van der Waals surface area contributed by atoms with Gasteiger partial charge >= 0.3 is 0 Å². The maximum atomic E-state index is 5.10. The predicted molar refractivity (Wildman–Crippen MR) is 194 cm³/mol. The van der Waals surface area contributed by atoms with Crippen LogP contribution >= 0.6 is 0 Å². The Morgan fingerprint density at radius 2 is 1.37 bits per heavy atom. The number of aromatic nitrogens is 2. The molecule has 0 aliphatic heterocycles. The number of hydrogen-bond acceptors (Lipinski definition) is 2. The summed E-state index contributed by atoms with van der Waals surface area (Å²) in [5.41, 5.74) is 12.0. The fraction of sp³-hybridized carbons (Fsp3) is 0.182. The molecule has 2 nitrogen and oxygen atoms in total. The topological polar surface area (TPSA) is 25.8 Å². The molecule has 0 spiro atoms. The van der Waals surface area contributed by atoms with E-state index in [9.17, 15) is 0 Å². The highest BCUT2D eigenvalue weighted by Gasteiger charge is 2.24. The van der Waals surface area contributed by atoms with Gasteiger partial charge in [0.2, 0.25) is 0 Å². The number of hydrogen-bond donors (Lipinski definition) is 0. The average molecular weight is 597 g/mol. The summed E-state index contributed by atoms with van der Waals surface area (Å²) in [4.78, 5) is 10.2. The molecule has 0 saturated heterocycles. The highest BCUT2D eigenvalue weighted by molar-refractivity contribution is 5.81. The second kappa shape index (κ2) is 13.1. The van der Waals surface area contributed by atoms with E-state index in [1.54, 1.807) is 0 Å². The van der Waals surface area contributed by atoms with Gasteiger partial charge in [-0.15, -0.1) is 0 Å². The molecule has 226 valence electrons. The summed E-state index contributed by atoms with van der Waals surface area (Å²) in [6, 6.07) is 30.9. The Balaban J connectivity index is 1.13. The molecule has 0 radical (unpaired) electrons. The minimum Gasteiger partial charge on any atom is -0.233 e. The molecule has 1 atom stereocenters. The Morgan fingerprint density at radius 1 is 0.630 bits per heavy atom. The van der Waals surface area contributed by atoms with Gasteiger partial charge in [-0.3, -0.25) is 0 Å². The van der Waals surface area contributed by atoms with Crippen LogP contribution in [0.2, 0.25) is 0 Å². The molecule has 3 aromatic carbocycles. The largest absolute Gasteiger partial charge is 0.233 e. The van der Waals surface area contributed by atoms with Crippen LogP contribution < -0.4 is 0 Å². The Kier molecular flexibility index (Phi) is 8.44. The Labute approximate surface area is 273 Å². The van der Waals surface area contributed by atoms with Crippen LogP contribution in [0.3, 0.4) is 0 Å². The zero-order chi connectivity index (χ0) is 31.3. The van der Waals surface area contributed by atoms with Crippen LogP contribution in [0.4, 0.5) is 0 Å².